The van der Waals surface area contributed by atoms with Crippen molar-refractivity contribution < 1.29 is 0 Å². The smallest absolute Gasteiger partial charge is 0.194 e. The molecule has 1 N–H and O–H groups in total. The molecule has 0 aromatic carbocycles. The molecule has 1 aromatic heterocycles. The van der Waals surface area contributed by atoms with Crippen LogP contribution in [-0.2, 0) is 0 Å². The second-order valence-corrected chi connectivity index (χ2v) is 6.36. The average molecular weight is 263 g/mol. The van der Waals surface area contributed by atoms with Gasteiger partial charge >= 0.3 is 0 Å². The van der Waals surface area contributed by atoms with E-state index in [0.717, 1.165) is 25.0 Å². The molecule has 1 aromatic rings. The minimum absolute atomic E-state index is 0.353. The topological polar surface area (TPSA) is 27.6 Å². The monoisotopic (exact) mass is 263 g/mol. The molecule has 4 heteroatoms. The fourth-order valence-electron chi connectivity index (χ4n) is 2.87. The van der Waals surface area contributed by atoms with Crippen molar-refractivity contribution in [1.29, 1.82) is 0 Å². The molecule has 0 spiro atoms. The Bertz CT molecular complexity index is 426. The quantitative estimate of drug-likeness (QED) is 0.888. The second kappa shape index (κ2) is 4.92. The number of guanidine groups is 1. The summed E-state index contributed by atoms with van der Waals surface area (Å²) in [5.74, 6) is 1.91. The molecule has 18 heavy (non-hydrogen) atoms. The summed E-state index contributed by atoms with van der Waals surface area (Å²) in [6, 6.07) is 3.19. The summed E-state index contributed by atoms with van der Waals surface area (Å²) in [7, 11) is 0. The molecule has 2 aliphatic heterocycles. The highest BCUT2D eigenvalue weighted by atomic mass is 32.1. The highest BCUT2D eigenvalue weighted by molar-refractivity contribution is 7.07. The van der Waals surface area contributed by atoms with Gasteiger partial charge in [-0.25, -0.2) is 0 Å². The van der Waals surface area contributed by atoms with Crippen molar-refractivity contribution in [3.8, 4) is 0 Å². The van der Waals surface area contributed by atoms with Crippen LogP contribution in [0.15, 0.2) is 21.8 Å². The molecule has 0 aliphatic carbocycles. The molecule has 1 fully saturated rings. The minimum atomic E-state index is 0.353. The third-order valence-corrected chi connectivity index (χ3v) is 4.76. The Labute approximate surface area is 113 Å². The van der Waals surface area contributed by atoms with Crippen LogP contribution in [0.1, 0.15) is 38.3 Å². The van der Waals surface area contributed by atoms with E-state index in [2.05, 4.69) is 40.9 Å². The summed E-state index contributed by atoms with van der Waals surface area (Å²) < 4.78 is 0. The zero-order valence-corrected chi connectivity index (χ0v) is 11.9. The number of hydrogen-bond donors (Lipinski definition) is 1. The van der Waals surface area contributed by atoms with E-state index >= 15 is 0 Å². The van der Waals surface area contributed by atoms with E-state index in [1.165, 1.54) is 18.4 Å². The standard InChI is InChI=1S/C14H21N3S/c1-10-3-4-13-7-15-14(17(13)8-10)16-11(2)12-5-6-18-9-12/h5-6,9-11,13H,3-4,7-8H2,1-2H3,(H,15,16). The third kappa shape index (κ3) is 2.26. The highest BCUT2D eigenvalue weighted by Crippen LogP contribution is 2.26. The van der Waals surface area contributed by atoms with Gasteiger partial charge in [0.2, 0.25) is 0 Å². The van der Waals surface area contributed by atoms with Crippen LogP contribution in [0.4, 0.5) is 0 Å². The first kappa shape index (κ1) is 12.0. The van der Waals surface area contributed by atoms with Gasteiger partial charge in [-0.2, -0.15) is 11.3 Å². The van der Waals surface area contributed by atoms with Gasteiger partial charge in [-0.1, -0.05) is 6.92 Å². The molecule has 0 saturated carbocycles. The van der Waals surface area contributed by atoms with Gasteiger partial charge in [0.05, 0.1) is 18.6 Å². The molecule has 3 unspecified atom stereocenters. The van der Waals surface area contributed by atoms with E-state index in [4.69, 9.17) is 4.99 Å². The highest BCUT2D eigenvalue weighted by Gasteiger charge is 2.33. The predicted octanol–water partition coefficient (Wildman–Crippen LogP) is 2.87. The Hall–Kier alpha value is -1.03. The number of nitrogens with one attached hydrogen (secondary N) is 1. The number of thiophene rings is 1. The maximum Gasteiger partial charge on any atom is 0.194 e. The molecule has 3 heterocycles. The molecule has 0 bridgehead atoms. The lowest BCUT2D eigenvalue weighted by atomic mass is 9.95. The molecule has 3 rings (SSSR count). The maximum absolute atomic E-state index is 4.70. The minimum Gasteiger partial charge on any atom is -0.350 e. The van der Waals surface area contributed by atoms with E-state index in [0.29, 0.717) is 12.1 Å². The Balaban J connectivity index is 1.66. The third-order valence-electron chi connectivity index (χ3n) is 4.05. The van der Waals surface area contributed by atoms with Crippen molar-refractivity contribution in [3.05, 3.63) is 22.4 Å². The molecular formula is C14H21N3S. The number of nitrogens with zero attached hydrogens (tertiary/aromatic N) is 2. The van der Waals surface area contributed by atoms with Crippen molar-refractivity contribution in [3.63, 3.8) is 0 Å². The first-order valence-corrected chi connectivity index (χ1v) is 7.78. The summed E-state index contributed by atoms with van der Waals surface area (Å²) in [5, 5.41) is 7.93. The van der Waals surface area contributed by atoms with Gasteiger partial charge in [0.15, 0.2) is 5.96 Å². The molecule has 2 aliphatic rings. The van der Waals surface area contributed by atoms with Crippen molar-refractivity contribution in [2.75, 3.05) is 13.1 Å². The van der Waals surface area contributed by atoms with Crippen LogP contribution in [0.25, 0.3) is 0 Å². The molecule has 3 nitrogen and oxygen atoms in total. The second-order valence-electron chi connectivity index (χ2n) is 5.58. The maximum atomic E-state index is 4.70. The number of piperidine rings is 1. The SMILES string of the molecule is CC1CCC2CN=C(NC(C)c3ccsc3)N2C1. The average Bonchev–Trinajstić information content (AvgIpc) is 2.99. The van der Waals surface area contributed by atoms with Gasteiger partial charge in [-0.15, -0.1) is 0 Å². The van der Waals surface area contributed by atoms with E-state index in [1.54, 1.807) is 11.3 Å². The lowest BCUT2D eigenvalue weighted by Gasteiger charge is -2.36. The van der Waals surface area contributed by atoms with Gasteiger partial charge in [0, 0.05) is 6.54 Å². The van der Waals surface area contributed by atoms with Crippen molar-refractivity contribution in [2.24, 2.45) is 10.9 Å². The first-order valence-electron chi connectivity index (χ1n) is 6.84. The Morgan fingerprint density at radius 2 is 2.39 bits per heavy atom. The number of rotatable bonds is 2. The summed E-state index contributed by atoms with van der Waals surface area (Å²) in [5.41, 5.74) is 1.36. The van der Waals surface area contributed by atoms with Gasteiger partial charge in [0.25, 0.3) is 0 Å². The fraction of sp³-hybridized carbons (Fsp3) is 0.643. The summed E-state index contributed by atoms with van der Waals surface area (Å²) in [4.78, 5) is 7.18. The predicted molar refractivity (Wildman–Crippen MR) is 77.1 cm³/mol. The molecule has 0 radical (unpaired) electrons. The lowest BCUT2D eigenvalue weighted by molar-refractivity contribution is 0.210. The number of hydrogen-bond acceptors (Lipinski definition) is 4. The Kier molecular flexibility index (Phi) is 3.29. The number of fused-ring (bicyclic) bond motifs is 1. The van der Waals surface area contributed by atoms with E-state index < -0.39 is 0 Å². The van der Waals surface area contributed by atoms with Crippen molar-refractivity contribution >= 4 is 17.3 Å². The number of aliphatic imine (C=N–C) groups is 1. The molecule has 0 amide bonds. The zero-order chi connectivity index (χ0) is 12.5. The molecule has 1 saturated heterocycles. The van der Waals surface area contributed by atoms with Crippen LogP contribution in [-0.4, -0.2) is 30.0 Å². The van der Waals surface area contributed by atoms with Crippen LogP contribution in [0, 0.1) is 5.92 Å². The van der Waals surface area contributed by atoms with Crippen molar-refractivity contribution in [2.45, 2.75) is 38.8 Å². The Morgan fingerprint density at radius 3 is 3.17 bits per heavy atom. The zero-order valence-electron chi connectivity index (χ0n) is 11.1. The molecular weight excluding hydrogens is 242 g/mol. The fourth-order valence-corrected chi connectivity index (χ4v) is 3.62. The van der Waals surface area contributed by atoms with Crippen LogP contribution in [0.5, 0.6) is 0 Å². The Morgan fingerprint density at radius 1 is 1.50 bits per heavy atom. The van der Waals surface area contributed by atoms with Crippen LogP contribution in [0.2, 0.25) is 0 Å². The van der Waals surface area contributed by atoms with Gasteiger partial charge in [0.1, 0.15) is 0 Å². The van der Waals surface area contributed by atoms with Crippen LogP contribution in [0.3, 0.4) is 0 Å². The normalized spacial score (nSPS) is 28.8. The van der Waals surface area contributed by atoms with E-state index in [1.807, 2.05) is 0 Å². The molecule has 3 atom stereocenters. The summed E-state index contributed by atoms with van der Waals surface area (Å²) in [6.45, 7) is 6.69. The first-order chi connectivity index (χ1) is 8.74. The summed E-state index contributed by atoms with van der Waals surface area (Å²) in [6.07, 6.45) is 2.65. The largest absolute Gasteiger partial charge is 0.350 e. The van der Waals surface area contributed by atoms with E-state index in [9.17, 15) is 0 Å². The van der Waals surface area contributed by atoms with E-state index in [-0.39, 0.29) is 0 Å². The summed E-state index contributed by atoms with van der Waals surface area (Å²) >= 11 is 1.76. The van der Waals surface area contributed by atoms with Crippen LogP contribution >= 0.6 is 11.3 Å². The van der Waals surface area contributed by atoms with Gasteiger partial charge in [-0.05, 0) is 48.1 Å². The van der Waals surface area contributed by atoms with Crippen LogP contribution < -0.4 is 5.32 Å². The van der Waals surface area contributed by atoms with Crippen molar-refractivity contribution in [1.82, 2.24) is 10.2 Å². The van der Waals surface area contributed by atoms with Gasteiger partial charge in [-0.3, -0.25) is 4.99 Å². The lowest BCUT2D eigenvalue weighted by Crippen LogP contribution is -2.48. The van der Waals surface area contributed by atoms with Gasteiger partial charge < -0.3 is 10.2 Å². The molecule has 98 valence electrons.